The first-order valence-corrected chi connectivity index (χ1v) is 6.07. The van der Waals surface area contributed by atoms with Crippen LogP contribution in [-0.2, 0) is 9.59 Å². The largest absolute Gasteiger partial charge is 0.481 e. The molecule has 2 saturated carbocycles. The van der Waals surface area contributed by atoms with Gasteiger partial charge in [-0.3, -0.25) is 9.59 Å². The van der Waals surface area contributed by atoms with Gasteiger partial charge in [-0.15, -0.1) is 0 Å². The van der Waals surface area contributed by atoms with E-state index in [0.29, 0.717) is 6.42 Å². The van der Waals surface area contributed by atoms with Crippen molar-refractivity contribution in [2.45, 2.75) is 51.0 Å². The Morgan fingerprint density at radius 2 is 1.81 bits per heavy atom. The molecule has 0 unspecified atom stereocenters. The minimum atomic E-state index is -0.839. The van der Waals surface area contributed by atoms with Gasteiger partial charge in [0.05, 0.1) is 11.8 Å². The summed E-state index contributed by atoms with van der Waals surface area (Å²) < 4.78 is 0. The molecule has 2 rings (SSSR count). The molecule has 1 amide bonds. The van der Waals surface area contributed by atoms with E-state index in [9.17, 15) is 9.59 Å². The lowest BCUT2D eigenvalue weighted by atomic mass is 9.83. The SMILES string of the molecule is CC1(NC(=O)[C@@H]2C[C@@H]2C(=O)O)CCCCC1. The van der Waals surface area contributed by atoms with Crippen LogP contribution in [0.4, 0.5) is 0 Å². The predicted octanol–water partition coefficient (Wildman–Crippen LogP) is 1.55. The Balaban J connectivity index is 1.85. The Morgan fingerprint density at radius 1 is 1.19 bits per heavy atom. The molecule has 4 nitrogen and oxygen atoms in total. The molecule has 2 atom stereocenters. The number of carboxylic acid groups (broad SMARTS) is 1. The zero-order valence-electron chi connectivity index (χ0n) is 9.66. The maximum Gasteiger partial charge on any atom is 0.307 e. The number of carboxylic acids is 1. The Hall–Kier alpha value is -1.06. The van der Waals surface area contributed by atoms with Crippen LogP contribution in [-0.4, -0.2) is 22.5 Å². The molecule has 16 heavy (non-hydrogen) atoms. The van der Waals surface area contributed by atoms with E-state index in [4.69, 9.17) is 5.11 Å². The van der Waals surface area contributed by atoms with Crippen molar-refractivity contribution >= 4 is 11.9 Å². The van der Waals surface area contributed by atoms with Crippen molar-refractivity contribution in [3.63, 3.8) is 0 Å². The van der Waals surface area contributed by atoms with Crippen molar-refractivity contribution in [1.29, 1.82) is 0 Å². The summed E-state index contributed by atoms with van der Waals surface area (Å²) in [7, 11) is 0. The Morgan fingerprint density at radius 3 is 2.31 bits per heavy atom. The summed E-state index contributed by atoms with van der Waals surface area (Å²) in [4.78, 5) is 22.5. The molecule has 4 heteroatoms. The molecule has 0 aromatic carbocycles. The second kappa shape index (κ2) is 4.07. The molecule has 0 saturated heterocycles. The second-order valence-electron chi connectivity index (χ2n) is 5.40. The van der Waals surface area contributed by atoms with E-state index in [1.54, 1.807) is 0 Å². The second-order valence-corrected chi connectivity index (χ2v) is 5.40. The highest BCUT2D eigenvalue weighted by Gasteiger charge is 2.49. The van der Waals surface area contributed by atoms with Crippen molar-refractivity contribution in [3.05, 3.63) is 0 Å². The van der Waals surface area contributed by atoms with E-state index in [1.807, 2.05) is 0 Å². The van der Waals surface area contributed by atoms with E-state index in [2.05, 4.69) is 12.2 Å². The molecule has 0 heterocycles. The molecule has 0 spiro atoms. The number of hydrogen-bond acceptors (Lipinski definition) is 2. The average Bonchev–Trinajstić information content (AvgIpc) is 2.97. The van der Waals surface area contributed by atoms with E-state index < -0.39 is 11.9 Å². The third kappa shape index (κ3) is 2.36. The summed E-state index contributed by atoms with van der Waals surface area (Å²) in [5.41, 5.74) is -0.0963. The van der Waals surface area contributed by atoms with Crippen molar-refractivity contribution < 1.29 is 14.7 Å². The average molecular weight is 225 g/mol. The van der Waals surface area contributed by atoms with Gasteiger partial charge >= 0.3 is 5.97 Å². The topological polar surface area (TPSA) is 66.4 Å². The lowest BCUT2D eigenvalue weighted by Crippen LogP contribution is -2.48. The molecule has 2 N–H and O–H groups in total. The van der Waals surface area contributed by atoms with E-state index in [1.165, 1.54) is 6.42 Å². The van der Waals surface area contributed by atoms with Crippen LogP contribution in [0.1, 0.15) is 45.4 Å². The van der Waals surface area contributed by atoms with Gasteiger partial charge in [-0.25, -0.2) is 0 Å². The first kappa shape index (κ1) is 11.4. The molecule has 2 aliphatic carbocycles. The van der Waals surface area contributed by atoms with Crippen LogP contribution in [0.2, 0.25) is 0 Å². The monoisotopic (exact) mass is 225 g/mol. The lowest BCUT2D eigenvalue weighted by molar-refractivity contribution is -0.140. The Kier molecular flexibility index (Phi) is 2.91. The van der Waals surface area contributed by atoms with Crippen LogP contribution in [0.15, 0.2) is 0 Å². The molecule has 2 fully saturated rings. The molecule has 0 radical (unpaired) electrons. The highest BCUT2D eigenvalue weighted by Crippen LogP contribution is 2.39. The van der Waals surface area contributed by atoms with Crippen LogP contribution < -0.4 is 5.32 Å². The van der Waals surface area contributed by atoms with Crippen LogP contribution >= 0.6 is 0 Å². The zero-order valence-corrected chi connectivity index (χ0v) is 9.66. The van der Waals surface area contributed by atoms with Crippen LogP contribution in [0.5, 0.6) is 0 Å². The summed E-state index contributed by atoms with van der Waals surface area (Å²) in [6.07, 6.45) is 6.10. The molecule has 0 aliphatic heterocycles. The van der Waals surface area contributed by atoms with Gasteiger partial charge in [-0.2, -0.15) is 0 Å². The first-order chi connectivity index (χ1) is 7.52. The lowest BCUT2D eigenvalue weighted by Gasteiger charge is -2.34. The highest BCUT2D eigenvalue weighted by atomic mass is 16.4. The molecule has 2 aliphatic rings. The van der Waals surface area contributed by atoms with Gasteiger partial charge in [0.2, 0.25) is 5.91 Å². The summed E-state index contributed by atoms with van der Waals surface area (Å²) in [6.45, 7) is 2.07. The smallest absolute Gasteiger partial charge is 0.307 e. The number of amides is 1. The quantitative estimate of drug-likeness (QED) is 0.765. The maximum atomic E-state index is 11.8. The summed E-state index contributed by atoms with van der Waals surface area (Å²) in [6, 6.07) is 0. The van der Waals surface area contributed by atoms with E-state index in [-0.39, 0.29) is 17.4 Å². The number of rotatable bonds is 3. The summed E-state index contributed by atoms with van der Waals surface area (Å²) in [5.74, 6) is -1.62. The Labute approximate surface area is 95.4 Å². The van der Waals surface area contributed by atoms with Gasteiger partial charge in [0.1, 0.15) is 0 Å². The van der Waals surface area contributed by atoms with Crippen molar-refractivity contribution in [1.82, 2.24) is 5.32 Å². The zero-order chi connectivity index (χ0) is 11.8. The Bertz CT molecular complexity index is 307. The number of carbonyl (C=O) groups excluding carboxylic acids is 1. The van der Waals surface area contributed by atoms with Crippen molar-refractivity contribution in [3.8, 4) is 0 Å². The molecule has 0 aromatic heterocycles. The van der Waals surface area contributed by atoms with Gasteiger partial charge in [0.25, 0.3) is 0 Å². The minimum Gasteiger partial charge on any atom is -0.481 e. The minimum absolute atomic E-state index is 0.0585. The third-order valence-electron chi connectivity index (χ3n) is 3.83. The number of carbonyl (C=O) groups is 2. The third-order valence-corrected chi connectivity index (χ3v) is 3.83. The van der Waals surface area contributed by atoms with Crippen LogP contribution in [0, 0.1) is 11.8 Å². The van der Waals surface area contributed by atoms with Gasteiger partial charge in [-0.05, 0) is 26.2 Å². The highest BCUT2D eigenvalue weighted by molar-refractivity contribution is 5.89. The van der Waals surface area contributed by atoms with E-state index in [0.717, 1.165) is 25.7 Å². The molecule has 90 valence electrons. The van der Waals surface area contributed by atoms with E-state index >= 15 is 0 Å². The van der Waals surface area contributed by atoms with Crippen LogP contribution in [0.25, 0.3) is 0 Å². The normalized spacial score (nSPS) is 31.8. The fourth-order valence-electron chi connectivity index (χ4n) is 2.60. The molecular formula is C12H19NO3. The summed E-state index contributed by atoms with van der Waals surface area (Å²) in [5, 5.41) is 11.8. The molecule has 0 aromatic rings. The fraction of sp³-hybridized carbons (Fsp3) is 0.833. The van der Waals surface area contributed by atoms with Crippen molar-refractivity contribution in [2.75, 3.05) is 0 Å². The number of aliphatic carboxylic acids is 1. The van der Waals surface area contributed by atoms with Crippen LogP contribution in [0.3, 0.4) is 0 Å². The van der Waals surface area contributed by atoms with Gasteiger partial charge in [-0.1, -0.05) is 19.3 Å². The number of nitrogens with one attached hydrogen (secondary N) is 1. The van der Waals surface area contributed by atoms with Crippen molar-refractivity contribution in [2.24, 2.45) is 11.8 Å². The van der Waals surface area contributed by atoms with Gasteiger partial charge in [0.15, 0.2) is 0 Å². The van der Waals surface area contributed by atoms with Gasteiger partial charge < -0.3 is 10.4 Å². The summed E-state index contributed by atoms with van der Waals surface area (Å²) >= 11 is 0. The molecular weight excluding hydrogens is 206 g/mol. The van der Waals surface area contributed by atoms with Gasteiger partial charge in [0, 0.05) is 5.54 Å². The number of hydrogen-bond donors (Lipinski definition) is 2. The fourth-order valence-corrected chi connectivity index (χ4v) is 2.60. The first-order valence-electron chi connectivity index (χ1n) is 6.07. The predicted molar refractivity (Wildman–Crippen MR) is 58.9 cm³/mol. The standard InChI is InChI=1S/C12H19NO3/c1-12(5-3-2-4-6-12)13-10(14)8-7-9(8)11(15)16/h8-9H,2-7H2,1H3,(H,13,14)(H,15,16)/t8-,9+/m1/s1. The maximum absolute atomic E-state index is 11.8. The molecule has 0 bridgehead atoms.